The Balaban J connectivity index is 3.27. The van der Waals surface area contributed by atoms with Gasteiger partial charge in [-0.1, -0.05) is 19.8 Å². The second-order valence-electron chi connectivity index (χ2n) is 3.81. The third-order valence-electron chi connectivity index (χ3n) is 2.30. The molecule has 0 aliphatic carbocycles. The van der Waals surface area contributed by atoms with Crippen molar-refractivity contribution in [2.45, 2.75) is 64.9 Å². The van der Waals surface area contributed by atoms with Gasteiger partial charge >= 0.3 is 5.97 Å². The number of carbonyl (C=O) groups is 2. The Labute approximate surface area is 92.2 Å². The smallest absolute Gasteiger partial charge is 0.305 e. The number of aldehydes is 1. The van der Waals surface area contributed by atoms with Gasteiger partial charge in [0.2, 0.25) is 0 Å². The van der Waals surface area contributed by atoms with E-state index < -0.39 is 0 Å². The fourth-order valence-electron chi connectivity index (χ4n) is 1.38. The second-order valence-corrected chi connectivity index (χ2v) is 3.81. The van der Waals surface area contributed by atoms with Gasteiger partial charge in [-0.2, -0.15) is 0 Å². The van der Waals surface area contributed by atoms with E-state index in [0.717, 1.165) is 38.4 Å². The largest absolute Gasteiger partial charge is 0.463 e. The summed E-state index contributed by atoms with van der Waals surface area (Å²) in [5.41, 5.74) is 0. The number of ether oxygens (including phenoxy) is 1. The minimum absolute atomic E-state index is 0.0310. The van der Waals surface area contributed by atoms with Crippen LogP contribution in [0.15, 0.2) is 0 Å². The van der Waals surface area contributed by atoms with Crippen LogP contribution in [0.25, 0.3) is 0 Å². The van der Waals surface area contributed by atoms with Gasteiger partial charge in [-0.15, -0.1) is 0 Å². The van der Waals surface area contributed by atoms with E-state index in [1.54, 1.807) is 6.92 Å². The summed E-state index contributed by atoms with van der Waals surface area (Å²) in [7, 11) is 0. The first-order chi connectivity index (χ1) is 7.20. The Bertz CT molecular complexity index is 178. The lowest BCUT2D eigenvalue weighted by molar-refractivity contribution is -0.148. The normalized spacial score (nSPS) is 12.1. The van der Waals surface area contributed by atoms with Crippen molar-refractivity contribution in [3.63, 3.8) is 0 Å². The van der Waals surface area contributed by atoms with Crippen LogP contribution in [0.1, 0.15) is 58.8 Å². The van der Waals surface area contributed by atoms with Crippen LogP contribution in [-0.2, 0) is 14.3 Å². The average Bonchev–Trinajstić information content (AvgIpc) is 2.23. The predicted molar refractivity (Wildman–Crippen MR) is 59.6 cm³/mol. The van der Waals surface area contributed by atoms with Gasteiger partial charge in [0.15, 0.2) is 0 Å². The van der Waals surface area contributed by atoms with Gasteiger partial charge in [-0.3, -0.25) is 4.79 Å². The molecule has 0 aromatic rings. The summed E-state index contributed by atoms with van der Waals surface area (Å²) < 4.78 is 5.13. The van der Waals surface area contributed by atoms with Crippen molar-refractivity contribution in [1.29, 1.82) is 0 Å². The van der Waals surface area contributed by atoms with Crippen molar-refractivity contribution in [2.75, 3.05) is 0 Å². The maximum absolute atomic E-state index is 10.9. The minimum Gasteiger partial charge on any atom is -0.463 e. The fraction of sp³-hybridized carbons (Fsp3) is 0.833. The van der Waals surface area contributed by atoms with E-state index in [2.05, 4.69) is 0 Å². The summed E-state index contributed by atoms with van der Waals surface area (Å²) in [4.78, 5) is 21.0. The monoisotopic (exact) mass is 214 g/mol. The second kappa shape index (κ2) is 9.69. The Kier molecular flexibility index (Phi) is 9.13. The number of hydrogen-bond donors (Lipinski definition) is 0. The molecule has 0 aromatic carbocycles. The van der Waals surface area contributed by atoms with E-state index in [0.29, 0.717) is 12.8 Å². The quantitative estimate of drug-likeness (QED) is 0.337. The van der Waals surface area contributed by atoms with Crippen molar-refractivity contribution in [3.05, 3.63) is 0 Å². The number of esters is 1. The maximum atomic E-state index is 10.9. The van der Waals surface area contributed by atoms with Crippen LogP contribution in [-0.4, -0.2) is 18.4 Å². The van der Waals surface area contributed by atoms with Gasteiger partial charge in [0.1, 0.15) is 6.29 Å². The first kappa shape index (κ1) is 14.1. The van der Waals surface area contributed by atoms with E-state index in [-0.39, 0.29) is 12.1 Å². The molecular weight excluding hydrogens is 192 g/mol. The first-order valence-corrected chi connectivity index (χ1v) is 5.83. The lowest BCUT2D eigenvalue weighted by Gasteiger charge is -2.11. The van der Waals surface area contributed by atoms with Crippen molar-refractivity contribution in [1.82, 2.24) is 0 Å². The summed E-state index contributed by atoms with van der Waals surface area (Å²) in [6.45, 7) is 3.73. The molecule has 3 heteroatoms. The van der Waals surface area contributed by atoms with Crippen molar-refractivity contribution in [2.24, 2.45) is 0 Å². The Morgan fingerprint density at radius 3 is 2.53 bits per heavy atom. The zero-order valence-corrected chi connectivity index (χ0v) is 9.83. The third kappa shape index (κ3) is 9.44. The summed E-state index contributed by atoms with van der Waals surface area (Å²) in [6.07, 6.45) is 7.28. The molecule has 1 atom stereocenters. The standard InChI is InChI=1S/C12H22O3/c1-3-12(14)15-11(2)9-7-5-4-6-8-10-13/h10-11H,3-9H2,1-2H3. The molecule has 3 nitrogen and oxygen atoms in total. The molecule has 0 rings (SSSR count). The highest BCUT2D eigenvalue weighted by atomic mass is 16.5. The molecule has 0 spiro atoms. The van der Waals surface area contributed by atoms with Crippen LogP contribution in [0, 0.1) is 0 Å². The summed E-state index contributed by atoms with van der Waals surface area (Å²) in [5, 5.41) is 0. The topological polar surface area (TPSA) is 43.4 Å². The maximum Gasteiger partial charge on any atom is 0.305 e. The molecule has 0 saturated heterocycles. The van der Waals surface area contributed by atoms with Crippen LogP contribution in [0.3, 0.4) is 0 Å². The Morgan fingerprint density at radius 2 is 1.93 bits per heavy atom. The van der Waals surface area contributed by atoms with Crippen LogP contribution in [0.2, 0.25) is 0 Å². The minimum atomic E-state index is -0.122. The van der Waals surface area contributed by atoms with Gasteiger partial charge in [-0.25, -0.2) is 0 Å². The van der Waals surface area contributed by atoms with Crippen molar-refractivity contribution >= 4 is 12.3 Å². The predicted octanol–water partition coefficient (Wildman–Crippen LogP) is 2.87. The molecular formula is C12H22O3. The molecule has 1 unspecified atom stereocenters. The number of carbonyl (C=O) groups excluding carboxylic acids is 2. The zero-order chi connectivity index (χ0) is 11.5. The molecule has 0 aliphatic heterocycles. The molecule has 0 N–H and O–H groups in total. The van der Waals surface area contributed by atoms with Gasteiger partial charge in [0.05, 0.1) is 6.10 Å². The van der Waals surface area contributed by atoms with Crippen LogP contribution in [0.5, 0.6) is 0 Å². The Morgan fingerprint density at radius 1 is 1.27 bits per heavy atom. The fourth-order valence-corrected chi connectivity index (χ4v) is 1.38. The van der Waals surface area contributed by atoms with Crippen LogP contribution >= 0.6 is 0 Å². The van der Waals surface area contributed by atoms with Gasteiger partial charge in [0.25, 0.3) is 0 Å². The van der Waals surface area contributed by atoms with E-state index in [9.17, 15) is 9.59 Å². The molecule has 0 bridgehead atoms. The first-order valence-electron chi connectivity index (χ1n) is 5.83. The number of hydrogen-bond acceptors (Lipinski definition) is 3. The van der Waals surface area contributed by atoms with Gasteiger partial charge in [0, 0.05) is 12.8 Å². The Hall–Kier alpha value is -0.860. The number of rotatable bonds is 9. The van der Waals surface area contributed by atoms with E-state index in [1.807, 2.05) is 6.92 Å². The van der Waals surface area contributed by atoms with Gasteiger partial charge in [-0.05, 0) is 26.2 Å². The average molecular weight is 214 g/mol. The van der Waals surface area contributed by atoms with Crippen molar-refractivity contribution < 1.29 is 14.3 Å². The highest BCUT2D eigenvalue weighted by Crippen LogP contribution is 2.09. The van der Waals surface area contributed by atoms with E-state index in [4.69, 9.17) is 4.74 Å². The van der Waals surface area contributed by atoms with E-state index in [1.165, 1.54) is 0 Å². The molecule has 0 fully saturated rings. The molecule has 15 heavy (non-hydrogen) atoms. The van der Waals surface area contributed by atoms with E-state index >= 15 is 0 Å². The van der Waals surface area contributed by atoms with Gasteiger partial charge < -0.3 is 9.53 Å². The lowest BCUT2D eigenvalue weighted by atomic mass is 10.1. The van der Waals surface area contributed by atoms with Crippen LogP contribution in [0.4, 0.5) is 0 Å². The molecule has 0 aromatic heterocycles. The highest BCUT2D eigenvalue weighted by molar-refractivity contribution is 5.69. The molecule has 0 heterocycles. The zero-order valence-electron chi connectivity index (χ0n) is 9.83. The number of unbranched alkanes of at least 4 members (excludes halogenated alkanes) is 4. The summed E-state index contributed by atoms with van der Waals surface area (Å²) in [6, 6.07) is 0. The molecule has 0 radical (unpaired) electrons. The summed E-state index contributed by atoms with van der Waals surface area (Å²) in [5.74, 6) is -0.122. The van der Waals surface area contributed by atoms with Crippen molar-refractivity contribution in [3.8, 4) is 0 Å². The van der Waals surface area contributed by atoms with Crippen LogP contribution < -0.4 is 0 Å². The summed E-state index contributed by atoms with van der Waals surface area (Å²) >= 11 is 0. The molecule has 88 valence electrons. The third-order valence-corrected chi connectivity index (χ3v) is 2.30. The molecule has 0 aliphatic rings. The highest BCUT2D eigenvalue weighted by Gasteiger charge is 2.06. The molecule has 0 amide bonds. The molecule has 0 saturated carbocycles. The SMILES string of the molecule is CCC(=O)OC(C)CCCCCCC=O. The lowest BCUT2D eigenvalue weighted by Crippen LogP contribution is -2.13.